The van der Waals surface area contributed by atoms with Crippen LogP contribution in [0.15, 0.2) is 0 Å². The van der Waals surface area contributed by atoms with Gasteiger partial charge in [-0.2, -0.15) is 0 Å². The summed E-state index contributed by atoms with van der Waals surface area (Å²) in [6, 6.07) is 0.648. The van der Waals surface area contributed by atoms with Crippen molar-refractivity contribution in [2.75, 3.05) is 19.8 Å². The van der Waals surface area contributed by atoms with E-state index in [1.807, 2.05) is 4.90 Å². The quantitative estimate of drug-likeness (QED) is 0.526. The standard InChI is InChI=1S/C7H12N2O2/c8-2-7(10)9-5-1-6(9)4-11-3-5/h5-6H,1-4,8H2. The summed E-state index contributed by atoms with van der Waals surface area (Å²) in [7, 11) is 0. The number of nitrogens with zero attached hydrogens (tertiary/aromatic N) is 1. The lowest BCUT2D eigenvalue weighted by Crippen LogP contribution is -2.66. The number of carbonyl (C=O) groups is 1. The molecule has 0 aliphatic carbocycles. The topological polar surface area (TPSA) is 55.6 Å². The van der Waals surface area contributed by atoms with Crippen molar-refractivity contribution in [3.8, 4) is 0 Å². The third-order valence-electron chi connectivity index (χ3n) is 2.41. The highest BCUT2D eigenvalue weighted by Crippen LogP contribution is 2.30. The van der Waals surface area contributed by atoms with E-state index in [1.54, 1.807) is 0 Å². The van der Waals surface area contributed by atoms with Gasteiger partial charge in [-0.3, -0.25) is 4.79 Å². The Bertz CT molecular complexity index is 169. The van der Waals surface area contributed by atoms with Gasteiger partial charge in [0.1, 0.15) is 0 Å². The van der Waals surface area contributed by atoms with Crippen molar-refractivity contribution < 1.29 is 9.53 Å². The molecule has 3 saturated heterocycles. The first-order valence-electron chi connectivity index (χ1n) is 3.92. The van der Waals surface area contributed by atoms with Crippen LogP contribution in [0.25, 0.3) is 0 Å². The van der Waals surface area contributed by atoms with Crippen LogP contribution in [0.2, 0.25) is 0 Å². The number of hydrogen-bond acceptors (Lipinski definition) is 3. The molecular formula is C7H12N2O2. The molecular weight excluding hydrogens is 144 g/mol. The van der Waals surface area contributed by atoms with Gasteiger partial charge < -0.3 is 15.4 Å². The van der Waals surface area contributed by atoms with Crippen molar-refractivity contribution in [2.24, 2.45) is 5.73 Å². The number of morpholine rings is 1. The lowest BCUT2D eigenvalue weighted by atomic mass is 9.91. The minimum Gasteiger partial charge on any atom is -0.377 e. The van der Waals surface area contributed by atoms with Gasteiger partial charge in [0.25, 0.3) is 0 Å². The molecule has 0 radical (unpaired) electrons. The summed E-state index contributed by atoms with van der Waals surface area (Å²) in [4.78, 5) is 13.0. The summed E-state index contributed by atoms with van der Waals surface area (Å²) in [6.07, 6.45) is 1.10. The fraction of sp³-hybridized carbons (Fsp3) is 0.857. The first-order chi connectivity index (χ1) is 5.33. The van der Waals surface area contributed by atoms with Gasteiger partial charge in [0, 0.05) is 0 Å². The third kappa shape index (κ3) is 0.937. The maximum atomic E-state index is 11.2. The van der Waals surface area contributed by atoms with Gasteiger partial charge >= 0.3 is 0 Å². The van der Waals surface area contributed by atoms with E-state index in [0.29, 0.717) is 25.3 Å². The maximum absolute atomic E-state index is 11.2. The van der Waals surface area contributed by atoms with Crippen LogP contribution in [0, 0.1) is 0 Å². The van der Waals surface area contributed by atoms with Crippen LogP contribution in [0.3, 0.4) is 0 Å². The number of amides is 1. The molecule has 2 bridgehead atoms. The second kappa shape index (κ2) is 2.46. The normalized spacial score (nSPS) is 34.8. The zero-order valence-corrected chi connectivity index (χ0v) is 6.32. The maximum Gasteiger partial charge on any atom is 0.236 e. The highest BCUT2D eigenvalue weighted by atomic mass is 16.5. The van der Waals surface area contributed by atoms with Crippen molar-refractivity contribution in [2.45, 2.75) is 18.5 Å². The molecule has 1 amide bonds. The predicted molar refractivity (Wildman–Crippen MR) is 38.9 cm³/mol. The average molecular weight is 156 g/mol. The average Bonchev–Trinajstić information content (AvgIpc) is 2.05. The Morgan fingerprint density at radius 3 is 2.64 bits per heavy atom. The Morgan fingerprint density at radius 1 is 1.55 bits per heavy atom. The highest BCUT2D eigenvalue weighted by molar-refractivity contribution is 5.79. The Kier molecular flexibility index (Phi) is 1.58. The molecule has 2 unspecified atom stereocenters. The molecule has 0 aromatic heterocycles. The zero-order valence-electron chi connectivity index (χ0n) is 6.32. The number of ether oxygens (including phenoxy) is 1. The Morgan fingerprint density at radius 2 is 2.18 bits per heavy atom. The summed E-state index contributed by atoms with van der Waals surface area (Å²) in [6.45, 7) is 1.53. The highest BCUT2D eigenvalue weighted by Gasteiger charge is 2.44. The Hall–Kier alpha value is -0.610. The molecule has 4 nitrogen and oxygen atoms in total. The largest absolute Gasteiger partial charge is 0.377 e. The molecule has 0 aromatic carbocycles. The van der Waals surface area contributed by atoms with Crippen LogP contribution in [0.4, 0.5) is 0 Å². The fourth-order valence-corrected chi connectivity index (χ4v) is 1.85. The van der Waals surface area contributed by atoms with Crippen molar-refractivity contribution in [1.82, 2.24) is 4.90 Å². The monoisotopic (exact) mass is 156 g/mol. The van der Waals surface area contributed by atoms with E-state index < -0.39 is 0 Å². The molecule has 11 heavy (non-hydrogen) atoms. The number of fused-ring (bicyclic) bond motifs is 2. The fourth-order valence-electron chi connectivity index (χ4n) is 1.85. The summed E-state index contributed by atoms with van der Waals surface area (Å²) in [5.74, 6) is 0.0644. The van der Waals surface area contributed by atoms with Gasteiger partial charge in [0.05, 0.1) is 31.8 Å². The van der Waals surface area contributed by atoms with E-state index in [0.717, 1.165) is 6.42 Å². The molecule has 3 heterocycles. The minimum absolute atomic E-state index is 0.0644. The third-order valence-corrected chi connectivity index (χ3v) is 2.41. The number of rotatable bonds is 1. The lowest BCUT2D eigenvalue weighted by Gasteiger charge is -2.52. The van der Waals surface area contributed by atoms with Gasteiger partial charge in [-0.15, -0.1) is 0 Å². The molecule has 2 atom stereocenters. The van der Waals surface area contributed by atoms with Gasteiger partial charge in [0.2, 0.25) is 5.91 Å². The number of nitrogens with two attached hydrogens (primary N) is 1. The summed E-state index contributed by atoms with van der Waals surface area (Å²) in [5, 5.41) is 0. The molecule has 0 aromatic rings. The van der Waals surface area contributed by atoms with E-state index in [2.05, 4.69) is 0 Å². The number of hydrogen-bond donors (Lipinski definition) is 1. The zero-order chi connectivity index (χ0) is 7.84. The van der Waals surface area contributed by atoms with Crippen LogP contribution in [0.5, 0.6) is 0 Å². The molecule has 0 spiro atoms. The van der Waals surface area contributed by atoms with E-state index in [1.165, 1.54) is 0 Å². The van der Waals surface area contributed by atoms with Crippen molar-refractivity contribution in [3.05, 3.63) is 0 Å². The van der Waals surface area contributed by atoms with E-state index in [4.69, 9.17) is 10.5 Å². The molecule has 3 aliphatic rings. The molecule has 4 heteroatoms. The molecule has 3 rings (SSSR count). The number of carbonyl (C=O) groups excluding carboxylic acids is 1. The second-order valence-corrected chi connectivity index (χ2v) is 3.09. The van der Waals surface area contributed by atoms with Crippen LogP contribution in [0.1, 0.15) is 6.42 Å². The van der Waals surface area contributed by atoms with Gasteiger partial charge in [-0.1, -0.05) is 0 Å². The molecule has 0 saturated carbocycles. The van der Waals surface area contributed by atoms with E-state index in [9.17, 15) is 4.79 Å². The lowest BCUT2D eigenvalue weighted by molar-refractivity contribution is -0.165. The van der Waals surface area contributed by atoms with Crippen LogP contribution in [-0.4, -0.2) is 42.6 Å². The van der Waals surface area contributed by atoms with Gasteiger partial charge in [-0.05, 0) is 6.42 Å². The van der Waals surface area contributed by atoms with E-state index in [-0.39, 0.29) is 12.5 Å². The van der Waals surface area contributed by atoms with Crippen LogP contribution < -0.4 is 5.73 Å². The van der Waals surface area contributed by atoms with Gasteiger partial charge in [0.15, 0.2) is 0 Å². The first kappa shape index (κ1) is 7.06. The van der Waals surface area contributed by atoms with Gasteiger partial charge in [-0.25, -0.2) is 0 Å². The Labute approximate surface area is 65.3 Å². The first-order valence-corrected chi connectivity index (χ1v) is 3.92. The van der Waals surface area contributed by atoms with Crippen molar-refractivity contribution >= 4 is 5.91 Å². The SMILES string of the molecule is NCC(=O)N1C2COCC1C2. The van der Waals surface area contributed by atoms with E-state index >= 15 is 0 Å². The van der Waals surface area contributed by atoms with Crippen molar-refractivity contribution in [3.63, 3.8) is 0 Å². The molecule has 2 N–H and O–H groups in total. The van der Waals surface area contributed by atoms with Crippen LogP contribution in [-0.2, 0) is 9.53 Å². The van der Waals surface area contributed by atoms with Crippen LogP contribution >= 0.6 is 0 Å². The summed E-state index contributed by atoms with van der Waals surface area (Å²) < 4.78 is 5.22. The molecule has 62 valence electrons. The smallest absolute Gasteiger partial charge is 0.236 e. The molecule has 3 aliphatic heterocycles. The Balaban J connectivity index is 2.00. The predicted octanol–water partition coefficient (Wildman–Crippen LogP) is -1.06. The summed E-state index contributed by atoms with van der Waals surface area (Å²) in [5.41, 5.74) is 5.25. The second-order valence-electron chi connectivity index (χ2n) is 3.09. The van der Waals surface area contributed by atoms with Crippen molar-refractivity contribution in [1.29, 1.82) is 0 Å². The summed E-state index contributed by atoms with van der Waals surface area (Å²) >= 11 is 0. The molecule has 3 fully saturated rings. The minimum atomic E-state index is 0.0644.